The minimum Gasteiger partial charge on any atom is -0.340 e. The van der Waals surface area contributed by atoms with Crippen LogP contribution < -0.4 is 0 Å². The molecule has 0 radical (unpaired) electrons. The Balaban J connectivity index is 1.53. The topological polar surface area (TPSA) is 23.6 Å². The molecule has 0 saturated carbocycles. The van der Waals surface area contributed by atoms with Crippen LogP contribution in [0.15, 0.2) is 60.7 Å². The van der Waals surface area contributed by atoms with Gasteiger partial charge >= 0.3 is 0 Å². The molecule has 0 bridgehead atoms. The molecule has 1 saturated heterocycles. The van der Waals surface area contributed by atoms with E-state index < -0.39 is 0 Å². The van der Waals surface area contributed by atoms with Gasteiger partial charge in [-0.3, -0.25) is 9.69 Å². The number of hydrogen-bond donors (Lipinski definition) is 0. The minimum absolute atomic E-state index is 0.258. The van der Waals surface area contributed by atoms with E-state index in [1.807, 2.05) is 0 Å². The normalized spacial score (nSPS) is 15.0. The van der Waals surface area contributed by atoms with Gasteiger partial charge in [0.15, 0.2) is 0 Å². The molecule has 156 valence electrons. The van der Waals surface area contributed by atoms with E-state index >= 15 is 0 Å². The Morgan fingerprint density at radius 2 is 1.28 bits per heavy atom. The maximum absolute atomic E-state index is 12.6. The summed E-state index contributed by atoms with van der Waals surface area (Å²) in [5.74, 6) is 0.344. The number of hydrogen-bond acceptors (Lipinski definition) is 2. The molecule has 29 heavy (non-hydrogen) atoms. The molecule has 0 unspecified atom stereocenters. The first-order valence-electron chi connectivity index (χ1n) is 11.4. The molecule has 0 N–H and O–H groups in total. The second-order valence-electron chi connectivity index (χ2n) is 8.16. The summed E-state index contributed by atoms with van der Waals surface area (Å²) in [6.07, 6.45) is 8.12. The van der Waals surface area contributed by atoms with Crippen molar-refractivity contribution in [2.24, 2.45) is 0 Å². The van der Waals surface area contributed by atoms with E-state index in [0.717, 1.165) is 32.6 Å². The highest BCUT2D eigenvalue weighted by Gasteiger charge is 2.27. The van der Waals surface area contributed by atoms with Crippen LogP contribution in [0.3, 0.4) is 0 Å². The fraction of sp³-hybridized carbons (Fsp3) is 0.500. The number of nitrogens with zero attached hydrogens (tertiary/aromatic N) is 2. The molecule has 1 aliphatic heterocycles. The van der Waals surface area contributed by atoms with Gasteiger partial charge in [0, 0.05) is 32.6 Å². The lowest BCUT2D eigenvalue weighted by molar-refractivity contribution is -0.133. The molecule has 2 aromatic rings. The zero-order valence-electron chi connectivity index (χ0n) is 17.9. The first kappa shape index (κ1) is 21.6. The Morgan fingerprint density at radius 1 is 0.759 bits per heavy atom. The van der Waals surface area contributed by atoms with E-state index in [-0.39, 0.29) is 6.04 Å². The molecule has 1 amide bonds. The van der Waals surface area contributed by atoms with Crippen molar-refractivity contribution in [3.63, 3.8) is 0 Å². The molecule has 0 spiro atoms. The lowest BCUT2D eigenvalue weighted by Gasteiger charge is -2.40. The average molecular weight is 393 g/mol. The Bertz CT molecular complexity index is 669. The molecule has 0 aromatic heterocycles. The highest BCUT2D eigenvalue weighted by Crippen LogP contribution is 2.29. The second kappa shape index (κ2) is 11.8. The maximum atomic E-state index is 12.6. The van der Waals surface area contributed by atoms with Crippen molar-refractivity contribution in [2.45, 2.75) is 57.9 Å². The zero-order chi connectivity index (χ0) is 20.3. The highest BCUT2D eigenvalue weighted by atomic mass is 16.2. The molecule has 3 heteroatoms. The first-order valence-corrected chi connectivity index (χ1v) is 11.4. The van der Waals surface area contributed by atoms with Gasteiger partial charge in [-0.25, -0.2) is 0 Å². The predicted octanol–water partition coefficient (Wildman–Crippen LogP) is 5.67. The van der Waals surface area contributed by atoms with Crippen LogP contribution in [0.2, 0.25) is 0 Å². The molecule has 0 atom stereocenters. The van der Waals surface area contributed by atoms with Crippen molar-refractivity contribution in [3.05, 3.63) is 71.8 Å². The van der Waals surface area contributed by atoms with E-state index in [4.69, 9.17) is 0 Å². The van der Waals surface area contributed by atoms with Gasteiger partial charge in [0.2, 0.25) is 5.91 Å². The van der Waals surface area contributed by atoms with Crippen molar-refractivity contribution in [3.8, 4) is 0 Å². The van der Waals surface area contributed by atoms with E-state index in [2.05, 4.69) is 77.4 Å². The van der Waals surface area contributed by atoms with Crippen LogP contribution in [0.4, 0.5) is 0 Å². The monoisotopic (exact) mass is 392 g/mol. The van der Waals surface area contributed by atoms with Crippen LogP contribution in [0.1, 0.15) is 69.0 Å². The smallest absolute Gasteiger partial charge is 0.222 e. The number of rotatable bonds is 10. The van der Waals surface area contributed by atoms with Crippen LogP contribution in [-0.2, 0) is 4.79 Å². The quantitative estimate of drug-likeness (QED) is 0.486. The van der Waals surface area contributed by atoms with Crippen molar-refractivity contribution in [2.75, 3.05) is 26.2 Å². The van der Waals surface area contributed by atoms with Gasteiger partial charge in [-0.2, -0.15) is 0 Å². The predicted molar refractivity (Wildman–Crippen MR) is 121 cm³/mol. The summed E-state index contributed by atoms with van der Waals surface area (Å²) in [7, 11) is 0. The highest BCUT2D eigenvalue weighted by molar-refractivity contribution is 5.76. The van der Waals surface area contributed by atoms with E-state index in [1.165, 1.54) is 43.2 Å². The Hall–Kier alpha value is -2.13. The summed E-state index contributed by atoms with van der Waals surface area (Å²) in [6.45, 7) is 5.77. The standard InChI is InChI=1S/C26H36N2O/c1-2-3-4-5-6-13-18-25(29)27-19-21-28(22-20-27)26(23-14-9-7-10-15-23)24-16-11-8-12-17-24/h7-12,14-17,26H,2-6,13,18-22H2,1H3. The lowest BCUT2D eigenvalue weighted by atomic mass is 9.96. The van der Waals surface area contributed by atoms with Crippen molar-refractivity contribution < 1.29 is 4.79 Å². The minimum atomic E-state index is 0.258. The Kier molecular flexibility index (Phi) is 8.76. The van der Waals surface area contributed by atoms with E-state index in [9.17, 15) is 4.79 Å². The van der Waals surface area contributed by atoms with Crippen LogP contribution >= 0.6 is 0 Å². The number of carbonyl (C=O) groups excluding carboxylic acids is 1. The number of piperazine rings is 1. The number of amides is 1. The largest absolute Gasteiger partial charge is 0.340 e. The summed E-state index contributed by atoms with van der Waals surface area (Å²) in [5.41, 5.74) is 2.65. The van der Waals surface area contributed by atoms with Crippen molar-refractivity contribution >= 4 is 5.91 Å². The van der Waals surface area contributed by atoms with Gasteiger partial charge in [-0.15, -0.1) is 0 Å². The number of unbranched alkanes of at least 4 members (excludes halogenated alkanes) is 5. The number of benzene rings is 2. The fourth-order valence-electron chi connectivity index (χ4n) is 4.33. The summed E-state index contributed by atoms with van der Waals surface area (Å²) < 4.78 is 0. The molecular formula is C26H36N2O. The van der Waals surface area contributed by atoms with Crippen molar-refractivity contribution in [1.82, 2.24) is 9.80 Å². The molecule has 3 rings (SSSR count). The Labute approximate surface area is 176 Å². The average Bonchev–Trinajstić information content (AvgIpc) is 2.78. The summed E-state index contributed by atoms with van der Waals surface area (Å²) >= 11 is 0. The number of carbonyl (C=O) groups is 1. The molecule has 3 nitrogen and oxygen atoms in total. The molecular weight excluding hydrogens is 356 g/mol. The molecule has 1 aliphatic rings. The Morgan fingerprint density at radius 3 is 1.83 bits per heavy atom. The maximum Gasteiger partial charge on any atom is 0.222 e. The van der Waals surface area contributed by atoms with Gasteiger partial charge in [0.25, 0.3) is 0 Å². The van der Waals surface area contributed by atoms with Gasteiger partial charge in [-0.1, -0.05) is 99.7 Å². The third-order valence-corrected chi connectivity index (χ3v) is 6.01. The third-order valence-electron chi connectivity index (χ3n) is 6.01. The molecule has 2 aromatic carbocycles. The molecule has 1 heterocycles. The third kappa shape index (κ3) is 6.43. The summed E-state index contributed by atoms with van der Waals surface area (Å²) in [4.78, 5) is 17.2. The SMILES string of the molecule is CCCCCCCCC(=O)N1CCN(C(c2ccccc2)c2ccccc2)CC1. The fourth-order valence-corrected chi connectivity index (χ4v) is 4.33. The van der Waals surface area contributed by atoms with Gasteiger partial charge in [0.1, 0.15) is 0 Å². The molecule has 0 aliphatic carbocycles. The van der Waals surface area contributed by atoms with Gasteiger partial charge in [-0.05, 0) is 17.5 Å². The van der Waals surface area contributed by atoms with Gasteiger partial charge in [0.05, 0.1) is 6.04 Å². The lowest BCUT2D eigenvalue weighted by Crippen LogP contribution is -2.49. The van der Waals surface area contributed by atoms with Gasteiger partial charge < -0.3 is 4.90 Å². The molecule has 1 fully saturated rings. The van der Waals surface area contributed by atoms with Crippen LogP contribution in [0, 0.1) is 0 Å². The summed E-state index contributed by atoms with van der Waals surface area (Å²) in [6, 6.07) is 21.7. The van der Waals surface area contributed by atoms with Crippen LogP contribution in [0.5, 0.6) is 0 Å². The summed E-state index contributed by atoms with van der Waals surface area (Å²) in [5, 5.41) is 0. The van der Waals surface area contributed by atoms with Crippen LogP contribution in [-0.4, -0.2) is 41.9 Å². The second-order valence-corrected chi connectivity index (χ2v) is 8.16. The van der Waals surface area contributed by atoms with E-state index in [0.29, 0.717) is 12.3 Å². The zero-order valence-corrected chi connectivity index (χ0v) is 17.9. The van der Waals surface area contributed by atoms with Crippen LogP contribution in [0.25, 0.3) is 0 Å². The van der Waals surface area contributed by atoms with E-state index in [1.54, 1.807) is 0 Å². The van der Waals surface area contributed by atoms with Crippen molar-refractivity contribution in [1.29, 1.82) is 0 Å². The first-order chi connectivity index (χ1) is 14.3.